The first-order valence-corrected chi connectivity index (χ1v) is 11.5. The molecule has 2 atom stereocenters. The lowest BCUT2D eigenvalue weighted by Gasteiger charge is -2.12. The van der Waals surface area contributed by atoms with Gasteiger partial charge in [0, 0.05) is 33.2 Å². The van der Waals surface area contributed by atoms with Gasteiger partial charge < -0.3 is 5.11 Å². The number of thiophene rings is 1. The minimum Gasteiger partial charge on any atom is -0.393 e. The Morgan fingerprint density at radius 1 is 0.862 bits per heavy atom. The molecule has 3 heteroatoms. The zero-order chi connectivity index (χ0) is 20.4. The smallest absolute Gasteiger partial charge is 0.187 e. The predicted molar refractivity (Wildman–Crippen MR) is 124 cm³/mol. The molecule has 0 amide bonds. The molecule has 0 fully saturated rings. The standard InChI is InChI=1S/C26H27O2S/c1-18(17-19(2)27)11-16-24(28)20-12-14-21(15-13-20)29-25-9-5-3-7-22(25)23-8-4-6-10-26(23)29/h3-10,12-15,18-19,27H,11,16-17H2,1-2H3/q+1. The molecule has 0 aliphatic rings. The predicted octanol–water partition coefficient (Wildman–Crippen LogP) is 7.10. The van der Waals surface area contributed by atoms with Crippen molar-refractivity contribution in [3.05, 3.63) is 78.4 Å². The number of carbonyl (C=O) groups is 1. The molecular weight excluding hydrogens is 376 g/mol. The summed E-state index contributed by atoms with van der Waals surface area (Å²) in [5.41, 5.74) is 0.780. The van der Waals surface area contributed by atoms with Crippen molar-refractivity contribution in [2.45, 2.75) is 39.2 Å². The summed E-state index contributed by atoms with van der Waals surface area (Å²) in [7, 11) is -0.119. The highest BCUT2D eigenvalue weighted by molar-refractivity contribution is 7.50. The molecule has 0 spiro atoms. The van der Waals surface area contributed by atoms with E-state index in [0.29, 0.717) is 12.3 Å². The highest BCUT2D eigenvalue weighted by Crippen LogP contribution is 2.48. The quantitative estimate of drug-likeness (QED) is 0.264. The van der Waals surface area contributed by atoms with Crippen molar-refractivity contribution >= 4 is 36.4 Å². The van der Waals surface area contributed by atoms with Crippen molar-refractivity contribution < 1.29 is 9.90 Å². The number of hydrogen-bond acceptors (Lipinski definition) is 2. The Balaban J connectivity index is 1.61. The number of rotatable bonds is 7. The van der Waals surface area contributed by atoms with Crippen LogP contribution in [0.5, 0.6) is 0 Å². The second kappa shape index (κ2) is 8.48. The molecule has 0 saturated heterocycles. The van der Waals surface area contributed by atoms with Crippen LogP contribution in [0.25, 0.3) is 25.1 Å². The third kappa shape index (κ3) is 4.12. The fourth-order valence-corrected chi connectivity index (χ4v) is 6.48. The van der Waals surface area contributed by atoms with Gasteiger partial charge in [-0.2, -0.15) is 0 Å². The molecule has 0 radical (unpaired) electrons. The van der Waals surface area contributed by atoms with E-state index in [1.54, 1.807) is 6.92 Å². The third-order valence-electron chi connectivity index (χ3n) is 5.52. The van der Waals surface area contributed by atoms with Crippen molar-refractivity contribution in [2.24, 2.45) is 5.92 Å². The first-order chi connectivity index (χ1) is 14.0. The molecule has 0 aliphatic heterocycles. The van der Waals surface area contributed by atoms with E-state index in [1.165, 1.54) is 25.1 Å². The van der Waals surface area contributed by atoms with Crippen LogP contribution in [0.15, 0.2) is 72.8 Å². The number of hydrogen-bond donors (Lipinski definition) is 1. The number of aliphatic hydroxyl groups excluding tert-OH is 1. The van der Waals surface area contributed by atoms with Gasteiger partial charge in [-0.15, -0.1) is 0 Å². The Bertz CT molecular complexity index is 1090. The molecule has 2 unspecified atom stereocenters. The van der Waals surface area contributed by atoms with Gasteiger partial charge in [0.15, 0.2) is 20.1 Å². The molecule has 1 heterocycles. The van der Waals surface area contributed by atoms with Gasteiger partial charge in [0.1, 0.15) is 0 Å². The van der Waals surface area contributed by atoms with Crippen LogP contribution in [-0.4, -0.2) is 17.0 Å². The fraction of sp³-hybridized carbons (Fsp3) is 0.269. The average molecular weight is 404 g/mol. The minimum absolute atomic E-state index is 0.119. The Morgan fingerprint density at radius 3 is 1.97 bits per heavy atom. The molecule has 4 aromatic rings. The van der Waals surface area contributed by atoms with Gasteiger partial charge in [-0.3, -0.25) is 4.79 Å². The van der Waals surface area contributed by atoms with E-state index in [2.05, 4.69) is 67.6 Å². The second-order valence-electron chi connectivity index (χ2n) is 7.97. The van der Waals surface area contributed by atoms with Gasteiger partial charge in [-0.25, -0.2) is 0 Å². The van der Waals surface area contributed by atoms with Crippen molar-refractivity contribution in [2.75, 3.05) is 0 Å². The van der Waals surface area contributed by atoms with Gasteiger partial charge in [0.05, 0.1) is 6.10 Å². The number of Topliss-reactive ketones (excluding diaryl/α,β-unsaturated/α-hetero) is 1. The first kappa shape index (κ1) is 19.8. The number of ketones is 1. The number of aliphatic hydroxyl groups is 1. The summed E-state index contributed by atoms with van der Waals surface area (Å²) in [6.07, 6.45) is 1.78. The van der Waals surface area contributed by atoms with Crippen molar-refractivity contribution in [3.8, 4) is 4.90 Å². The van der Waals surface area contributed by atoms with Gasteiger partial charge >= 0.3 is 0 Å². The number of benzene rings is 3. The van der Waals surface area contributed by atoms with Gasteiger partial charge in [0.25, 0.3) is 0 Å². The van der Waals surface area contributed by atoms with Crippen LogP contribution in [0.1, 0.15) is 43.5 Å². The second-order valence-corrected chi connectivity index (χ2v) is 9.94. The molecule has 1 aromatic heterocycles. The van der Waals surface area contributed by atoms with Crippen LogP contribution in [-0.2, 0) is 0 Å². The van der Waals surface area contributed by atoms with Crippen molar-refractivity contribution in [1.29, 1.82) is 0 Å². The molecule has 4 rings (SSSR count). The van der Waals surface area contributed by atoms with E-state index in [1.807, 2.05) is 12.1 Å². The lowest BCUT2D eigenvalue weighted by molar-refractivity contribution is 0.0965. The summed E-state index contributed by atoms with van der Waals surface area (Å²) in [6, 6.07) is 25.5. The summed E-state index contributed by atoms with van der Waals surface area (Å²) in [5.74, 6) is 0.538. The topological polar surface area (TPSA) is 37.3 Å². The number of fused-ring (bicyclic) bond motifs is 3. The van der Waals surface area contributed by atoms with Crippen LogP contribution in [0.3, 0.4) is 0 Å². The van der Waals surface area contributed by atoms with Gasteiger partial charge in [0.2, 0.25) is 0 Å². The first-order valence-electron chi connectivity index (χ1n) is 10.3. The van der Waals surface area contributed by atoms with Crippen LogP contribution < -0.4 is 0 Å². The Morgan fingerprint density at radius 2 is 1.41 bits per heavy atom. The molecule has 1 N–H and O–H groups in total. The van der Waals surface area contributed by atoms with Crippen LogP contribution in [0, 0.1) is 5.92 Å². The average Bonchev–Trinajstić information content (AvgIpc) is 3.06. The van der Waals surface area contributed by atoms with E-state index in [-0.39, 0.29) is 22.4 Å². The summed E-state index contributed by atoms with van der Waals surface area (Å²) in [6.45, 7) is 3.90. The minimum atomic E-state index is -0.308. The lowest BCUT2D eigenvalue weighted by atomic mass is 9.96. The van der Waals surface area contributed by atoms with Gasteiger partial charge in [-0.05, 0) is 74.2 Å². The largest absolute Gasteiger partial charge is 0.393 e. The van der Waals surface area contributed by atoms with Crippen molar-refractivity contribution in [1.82, 2.24) is 0 Å². The maximum absolute atomic E-state index is 12.6. The van der Waals surface area contributed by atoms with E-state index in [4.69, 9.17) is 0 Å². The van der Waals surface area contributed by atoms with E-state index >= 15 is 0 Å². The zero-order valence-electron chi connectivity index (χ0n) is 17.0. The van der Waals surface area contributed by atoms with E-state index in [0.717, 1.165) is 18.4 Å². The monoisotopic (exact) mass is 403 g/mol. The summed E-state index contributed by atoms with van der Waals surface area (Å²) < 4.78 is 2.72. The van der Waals surface area contributed by atoms with Crippen LogP contribution in [0.2, 0.25) is 0 Å². The van der Waals surface area contributed by atoms with Gasteiger partial charge in [-0.1, -0.05) is 31.2 Å². The molecule has 2 nitrogen and oxygen atoms in total. The van der Waals surface area contributed by atoms with Crippen molar-refractivity contribution in [3.63, 3.8) is 0 Å². The molecule has 0 bridgehead atoms. The maximum atomic E-state index is 12.6. The van der Waals surface area contributed by atoms with Crippen LogP contribution >= 0.6 is 10.5 Å². The molecule has 3 aromatic carbocycles. The highest BCUT2D eigenvalue weighted by atomic mass is 32.2. The fourth-order valence-electron chi connectivity index (χ4n) is 4.11. The van der Waals surface area contributed by atoms with E-state index < -0.39 is 0 Å². The SMILES string of the molecule is CC(O)CC(C)CCC(=O)c1ccc(-[s+]2c3ccccc3c3ccccc32)cc1. The summed E-state index contributed by atoms with van der Waals surface area (Å²) >= 11 is 0. The van der Waals surface area contributed by atoms with E-state index in [9.17, 15) is 9.90 Å². The zero-order valence-corrected chi connectivity index (χ0v) is 17.8. The Labute approximate surface area is 174 Å². The third-order valence-corrected chi connectivity index (χ3v) is 7.86. The lowest BCUT2D eigenvalue weighted by Crippen LogP contribution is -2.09. The Kier molecular flexibility index (Phi) is 5.79. The molecular formula is C26H27O2S+. The Hall–Kier alpha value is -2.49. The summed E-state index contributed by atoms with van der Waals surface area (Å²) in [4.78, 5) is 13.9. The summed E-state index contributed by atoms with van der Waals surface area (Å²) in [5, 5.41) is 12.1. The van der Waals surface area contributed by atoms with Crippen LogP contribution in [0.4, 0.5) is 0 Å². The number of carbonyl (C=O) groups excluding carboxylic acids is 1. The maximum Gasteiger partial charge on any atom is 0.187 e. The molecule has 0 aliphatic carbocycles. The normalized spacial score (nSPS) is 13.6. The molecule has 148 valence electrons. The highest BCUT2D eigenvalue weighted by Gasteiger charge is 2.23. The molecule has 0 saturated carbocycles. The molecule has 29 heavy (non-hydrogen) atoms.